The summed E-state index contributed by atoms with van der Waals surface area (Å²) < 4.78 is 10.3. The van der Waals surface area contributed by atoms with E-state index in [1.807, 2.05) is 6.07 Å². The number of methoxy groups -OCH3 is 1. The largest absolute Gasteiger partial charge is 0.496 e. The van der Waals surface area contributed by atoms with Gasteiger partial charge in [-0.2, -0.15) is 0 Å². The first-order chi connectivity index (χ1) is 9.16. The molecule has 3 rings (SSSR count). The van der Waals surface area contributed by atoms with Gasteiger partial charge in [-0.1, -0.05) is 42.5 Å². The van der Waals surface area contributed by atoms with Crippen LogP contribution in [-0.4, -0.2) is 18.2 Å². The molecule has 4 nitrogen and oxygen atoms in total. The second-order valence-electron chi connectivity index (χ2n) is 4.28. The standard InChI is InChI=1S/C15H12O4/c1-18-12-9-5-8-11-13(12)14(16)19-15(11,17)10-6-3-2-4-7-10/h2-9,17H,1H3. The second-order valence-corrected chi connectivity index (χ2v) is 4.28. The molecule has 1 aliphatic rings. The molecular formula is C15H12O4. The van der Waals surface area contributed by atoms with Crippen LogP contribution in [-0.2, 0) is 10.5 Å². The minimum atomic E-state index is -1.75. The molecule has 0 spiro atoms. The highest BCUT2D eigenvalue weighted by Crippen LogP contribution is 2.42. The van der Waals surface area contributed by atoms with Crippen molar-refractivity contribution in [1.29, 1.82) is 0 Å². The Hall–Kier alpha value is -2.33. The topological polar surface area (TPSA) is 55.8 Å². The molecule has 1 heterocycles. The van der Waals surface area contributed by atoms with E-state index in [-0.39, 0.29) is 5.56 Å². The Morgan fingerprint density at radius 1 is 1.11 bits per heavy atom. The summed E-state index contributed by atoms with van der Waals surface area (Å²) >= 11 is 0. The number of hydrogen-bond donors (Lipinski definition) is 1. The first-order valence-electron chi connectivity index (χ1n) is 5.85. The molecule has 4 heteroatoms. The van der Waals surface area contributed by atoms with Gasteiger partial charge in [0.25, 0.3) is 5.79 Å². The number of aliphatic hydroxyl groups is 1. The number of rotatable bonds is 2. The van der Waals surface area contributed by atoms with Crippen LogP contribution >= 0.6 is 0 Å². The molecule has 0 saturated heterocycles. The summed E-state index contributed by atoms with van der Waals surface area (Å²) in [7, 11) is 1.47. The lowest BCUT2D eigenvalue weighted by atomic mass is 9.95. The maximum absolute atomic E-state index is 12.0. The van der Waals surface area contributed by atoms with Gasteiger partial charge in [-0.3, -0.25) is 0 Å². The number of hydrogen-bond acceptors (Lipinski definition) is 4. The van der Waals surface area contributed by atoms with E-state index in [1.54, 1.807) is 42.5 Å². The van der Waals surface area contributed by atoms with Gasteiger partial charge < -0.3 is 14.6 Å². The van der Waals surface area contributed by atoms with Gasteiger partial charge in [0.05, 0.1) is 7.11 Å². The van der Waals surface area contributed by atoms with E-state index in [4.69, 9.17) is 9.47 Å². The molecule has 0 aromatic heterocycles. The van der Waals surface area contributed by atoms with E-state index >= 15 is 0 Å². The van der Waals surface area contributed by atoms with Gasteiger partial charge in [0.2, 0.25) is 0 Å². The average Bonchev–Trinajstić information content (AvgIpc) is 2.73. The number of carbonyl (C=O) groups is 1. The number of benzene rings is 2. The summed E-state index contributed by atoms with van der Waals surface area (Å²) in [5, 5.41) is 10.7. The van der Waals surface area contributed by atoms with E-state index in [2.05, 4.69) is 0 Å². The van der Waals surface area contributed by atoms with Crippen molar-refractivity contribution in [3.63, 3.8) is 0 Å². The minimum absolute atomic E-state index is 0.274. The average molecular weight is 256 g/mol. The van der Waals surface area contributed by atoms with Crippen molar-refractivity contribution in [1.82, 2.24) is 0 Å². The van der Waals surface area contributed by atoms with Crippen molar-refractivity contribution in [2.75, 3.05) is 7.11 Å². The number of cyclic esters (lactones) is 1. The highest BCUT2D eigenvalue weighted by Gasteiger charge is 2.47. The van der Waals surface area contributed by atoms with Crippen molar-refractivity contribution in [3.8, 4) is 5.75 Å². The first kappa shape index (κ1) is 11.7. The summed E-state index contributed by atoms with van der Waals surface area (Å²) in [6.45, 7) is 0. The molecule has 0 amide bonds. The molecule has 0 saturated carbocycles. The maximum Gasteiger partial charge on any atom is 0.345 e. The van der Waals surface area contributed by atoms with Crippen LogP contribution in [0.4, 0.5) is 0 Å². The molecule has 2 aromatic rings. The number of ether oxygens (including phenoxy) is 2. The minimum Gasteiger partial charge on any atom is -0.496 e. The number of fused-ring (bicyclic) bond motifs is 1. The zero-order valence-corrected chi connectivity index (χ0v) is 10.3. The molecule has 0 radical (unpaired) electrons. The third-order valence-electron chi connectivity index (χ3n) is 3.22. The van der Waals surface area contributed by atoms with E-state index in [0.29, 0.717) is 16.9 Å². The summed E-state index contributed by atoms with van der Waals surface area (Å²) in [6, 6.07) is 13.8. The Morgan fingerprint density at radius 3 is 2.53 bits per heavy atom. The van der Waals surface area contributed by atoms with Crippen molar-refractivity contribution in [2.24, 2.45) is 0 Å². The smallest absolute Gasteiger partial charge is 0.345 e. The molecule has 0 fully saturated rings. The van der Waals surface area contributed by atoms with Crippen molar-refractivity contribution >= 4 is 5.97 Å². The maximum atomic E-state index is 12.0. The van der Waals surface area contributed by atoms with Gasteiger partial charge in [0, 0.05) is 11.1 Å². The summed E-state index contributed by atoms with van der Waals surface area (Å²) in [5.74, 6) is -1.93. The van der Waals surface area contributed by atoms with E-state index in [1.165, 1.54) is 7.11 Å². The molecule has 19 heavy (non-hydrogen) atoms. The van der Waals surface area contributed by atoms with Crippen LogP contribution in [0.25, 0.3) is 0 Å². The first-order valence-corrected chi connectivity index (χ1v) is 5.85. The van der Waals surface area contributed by atoms with Gasteiger partial charge in [-0.05, 0) is 6.07 Å². The highest BCUT2D eigenvalue weighted by atomic mass is 16.7. The SMILES string of the molecule is COc1cccc2c1C(=O)OC2(O)c1ccccc1. The fourth-order valence-electron chi connectivity index (χ4n) is 2.31. The van der Waals surface area contributed by atoms with Gasteiger partial charge in [-0.15, -0.1) is 0 Å². The molecule has 0 bridgehead atoms. The molecule has 2 aromatic carbocycles. The van der Waals surface area contributed by atoms with E-state index < -0.39 is 11.8 Å². The Morgan fingerprint density at radius 2 is 1.84 bits per heavy atom. The van der Waals surface area contributed by atoms with Crippen LogP contribution in [0.2, 0.25) is 0 Å². The van der Waals surface area contributed by atoms with Crippen molar-refractivity contribution in [2.45, 2.75) is 5.79 Å². The van der Waals surface area contributed by atoms with Gasteiger partial charge in [0.1, 0.15) is 11.3 Å². The molecule has 1 N–H and O–H groups in total. The zero-order chi connectivity index (χ0) is 13.5. The lowest BCUT2D eigenvalue weighted by Crippen LogP contribution is -2.26. The van der Waals surface area contributed by atoms with E-state index in [0.717, 1.165) is 0 Å². The predicted octanol–water partition coefficient (Wildman–Crippen LogP) is 2.06. The summed E-state index contributed by atoms with van der Waals surface area (Å²) in [5.41, 5.74) is 1.19. The highest BCUT2D eigenvalue weighted by molar-refractivity contribution is 5.98. The van der Waals surface area contributed by atoms with Crippen molar-refractivity contribution in [3.05, 3.63) is 65.2 Å². The molecule has 96 valence electrons. The lowest BCUT2D eigenvalue weighted by Gasteiger charge is -2.22. The summed E-state index contributed by atoms with van der Waals surface area (Å²) in [6.07, 6.45) is 0. The van der Waals surface area contributed by atoms with E-state index in [9.17, 15) is 9.90 Å². The molecule has 1 unspecified atom stereocenters. The van der Waals surface area contributed by atoms with Crippen LogP contribution in [0.5, 0.6) is 5.75 Å². The normalized spacial score (nSPS) is 20.8. The van der Waals surface area contributed by atoms with Crippen LogP contribution in [0.15, 0.2) is 48.5 Å². The van der Waals surface area contributed by atoms with Crippen LogP contribution in [0.1, 0.15) is 21.5 Å². The fourth-order valence-corrected chi connectivity index (χ4v) is 2.31. The Labute approximate surface area is 110 Å². The molecule has 0 aliphatic carbocycles. The second kappa shape index (κ2) is 4.10. The fraction of sp³-hybridized carbons (Fsp3) is 0.133. The Balaban J connectivity index is 2.23. The molecule has 1 atom stereocenters. The number of carbonyl (C=O) groups excluding carboxylic acids is 1. The third-order valence-corrected chi connectivity index (χ3v) is 3.22. The van der Waals surface area contributed by atoms with Gasteiger partial charge in [0.15, 0.2) is 0 Å². The summed E-state index contributed by atoms with van der Waals surface area (Å²) in [4.78, 5) is 12.0. The quantitative estimate of drug-likeness (QED) is 0.836. The predicted molar refractivity (Wildman–Crippen MR) is 67.9 cm³/mol. The Bertz CT molecular complexity index is 636. The van der Waals surface area contributed by atoms with Gasteiger partial charge >= 0.3 is 5.97 Å². The molecule has 1 aliphatic heterocycles. The number of esters is 1. The van der Waals surface area contributed by atoms with Crippen LogP contribution in [0.3, 0.4) is 0 Å². The monoisotopic (exact) mass is 256 g/mol. The Kier molecular flexibility index (Phi) is 2.54. The van der Waals surface area contributed by atoms with Crippen LogP contribution in [0, 0.1) is 0 Å². The lowest BCUT2D eigenvalue weighted by molar-refractivity contribution is -0.129. The van der Waals surface area contributed by atoms with Gasteiger partial charge in [-0.25, -0.2) is 4.79 Å². The molecular weight excluding hydrogens is 244 g/mol. The zero-order valence-electron chi connectivity index (χ0n) is 10.3. The van der Waals surface area contributed by atoms with Crippen LogP contribution < -0.4 is 4.74 Å². The van der Waals surface area contributed by atoms with Crippen molar-refractivity contribution < 1.29 is 19.4 Å². The third kappa shape index (κ3) is 1.61.